The minimum Gasteiger partial charge on any atom is -0.452 e. The number of nitrogens with zero attached hydrogens (tertiary/aromatic N) is 3. The Hall–Kier alpha value is -2.63. The number of ether oxygens (including phenoxy) is 1. The molecule has 3 rings (SSSR count). The molecule has 0 bridgehead atoms. The van der Waals surface area contributed by atoms with Gasteiger partial charge < -0.3 is 9.64 Å². The fraction of sp³-hybridized carbons (Fsp3) is 0.450. The van der Waals surface area contributed by atoms with Gasteiger partial charge in [-0.05, 0) is 44.7 Å². The number of benzene rings is 1. The number of aromatic nitrogens is 2. The smallest absolute Gasteiger partial charge is 0.342 e. The zero-order chi connectivity index (χ0) is 18.7. The maximum atomic E-state index is 12.5. The molecule has 0 saturated carbocycles. The first-order valence-corrected chi connectivity index (χ1v) is 9.04. The number of rotatable bonds is 4. The lowest BCUT2D eigenvalue weighted by Gasteiger charge is -2.30. The largest absolute Gasteiger partial charge is 0.452 e. The van der Waals surface area contributed by atoms with Gasteiger partial charge in [0.05, 0.1) is 17.1 Å². The average molecular weight is 355 g/mol. The zero-order valence-corrected chi connectivity index (χ0v) is 15.6. The third-order valence-corrected chi connectivity index (χ3v) is 4.83. The number of carbonyl (C=O) groups excluding carboxylic acids is 2. The number of amides is 1. The molecule has 1 amide bonds. The van der Waals surface area contributed by atoms with E-state index in [2.05, 4.69) is 12.0 Å². The topological polar surface area (TPSA) is 64.4 Å². The van der Waals surface area contributed by atoms with Crippen molar-refractivity contribution < 1.29 is 14.3 Å². The van der Waals surface area contributed by atoms with Crippen molar-refractivity contribution in [2.45, 2.75) is 33.6 Å². The van der Waals surface area contributed by atoms with Crippen LogP contribution < -0.4 is 0 Å². The van der Waals surface area contributed by atoms with Gasteiger partial charge in [-0.25, -0.2) is 9.48 Å². The molecule has 26 heavy (non-hydrogen) atoms. The number of piperidine rings is 1. The molecule has 0 aliphatic carbocycles. The number of likely N-dealkylation sites (tertiary alicyclic amines) is 1. The van der Waals surface area contributed by atoms with E-state index in [-0.39, 0.29) is 12.5 Å². The van der Waals surface area contributed by atoms with Gasteiger partial charge in [0.25, 0.3) is 5.91 Å². The van der Waals surface area contributed by atoms with E-state index in [4.69, 9.17) is 4.74 Å². The molecule has 1 saturated heterocycles. The van der Waals surface area contributed by atoms with Gasteiger partial charge in [0.2, 0.25) is 0 Å². The van der Waals surface area contributed by atoms with Crippen LogP contribution in [0.2, 0.25) is 0 Å². The van der Waals surface area contributed by atoms with Crippen molar-refractivity contribution in [3.8, 4) is 5.69 Å². The standard InChI is InChI=1S/C20H25N3O3/c1-14-8-7-11-22(12-14)18(24)13-26-20(25)19-15(2)21-23(16(19)3)17-9-5-4-6-10-17/h4-6,9-10,14H,7-8,11-13H2,1-3H3/t14-/m0/s1. The van der Waals surface area contributed by atoms with E-state index in [1.54, 1.807) is 16.5 Å². The normalized spacial score (nSPS) is 17.2. The van der Waals surface area contributed by atoms with Crippen molar-refractivity contribution in [2.24, 2.45) is 5.92 Å². The Morgan fingerprint density at radius 3 is 2.65 bits per heavy atom. The summed E-state index contributed by atoms with van der Waals surface area (Å²) in [7, 11) is 0. The summed E-state index contributed by atoms with van der Waals surface area (Å²) < 4.78 is 7.03. The van der Waals surface area contributed by atoms with Gasteiger partial charge >= 0.3 is 5.97 Å². The van der Waals surface area contributed by atoms with Crippen molar-refractivity contribution >= 4 is 11.9 Å². The summed E-state index contributed by atoms with van der Waals surface area (Å²) in [6.07, 6.45) is 2.14. The third-order valence-electron chi connectivity index (χ3n) is 4.83. The van der Waals surface area contributed by atoms with Gasteiger partial charge in [0.1, 0.15) is 5.56 Å². The molecule has 1 aromatic carbocycles. The summed E-state index contributed by atoms with van der Waals surface area (Å²) in [4.78, 5) is 26.6. The highest BCUT2D eigenvalue weighted by Gasteiger charge is 2.24. The molecule has 1 aliphatic rings. The number of carbonyl (C=O) groups is 2. The molecule has 0 N–H and O–H groups in total. The summed E-state index contributed by atoms with van der Waals surface area (Å²) in [6.45, 7) is 7.00. The van der Waals surface area contributed by atoms with Crippen LogP contribution in [0.3, 0.4) is 0 Å². The average Bonchev–Trinajstić information content (AvgIpc) is 2.94. The molecule has 1 aliphatic heterocycles. The highest BCUT2D eigenvalue weighted by Crippen LogP contribution is 2.19. The lowest BCUT2D eigenvalue weighted by atomic mass is 10.0. The van der Waals surface area contributed by atoms with Crippen molar-refractivity contribution in [1.29, 1.82) is 0 Å². The van der Waals surface area contributed by atoms with Gasteiger partial charge in [-0.1, -0.05) is 25.1 Å². The summed E-state index contributed by atoms with van der Waals surface area (Å²) in [5.41, 5.74) is 2.60. The van der Waals surface area contributed by atoms with Crippen LogP contribution in [0.25, 0.3) is 5.69 Å². The van der Waals surface area contributed by atoms with Crippen LogP contribution >= 0.6 is 0 Å². The maximum absolute atomic E-state index is 12.5. The summed E-state index contributed by atoms with van der Waals surface area (Å²) in [5.74, 6) is -0.131. The SMILES string of the molecule is Cc1nn(-c2ccccc2)c(C)c1C(=O)OCC(=O)N1CCC[C@H](C)C1. The maximum Gasteiger partial charge on any atom is 0.342 e. The Morgan fingerprint density at radius 2 is 1.96 bits per heavy atom. The fourth-order valence-electron chi connectivity index (χ4n) is 3.47. The van der Waals surface area contributed by atoms with E-state index in [0.29, 0.717) is 22.9 Å². The quantitative estimate of drug-likeness (QED) is 0.791. The van der Waals surface area contributed by atoms with Crippen LogP contribution in [0.15, 0.2) is 30.3 Å². The van der Waals surface area contributed by atoms with Crippen molar-refractivity contribution in [1.82, 2.24) is 14.7 Å². The van der Waals surface area contributed by atoms with Crippen LogP contribution in [0.1, 0.15) is 41.5 Å². The molecule has 6 nitrogen and oxygen atoms in total. The van der Waals surface area contributed by atoms with E-state index < -0.39 is 5.97 Å². The molecule has 2 heterocycles. The molecule has 1 aromatic heterocycles. The Balaban J connectivity index is 1.68. The van der Waals surface area contributed by atoms with Crippen LogP contribution in [0.4, 0.5) is 0 Å². The summed E-state index contributed by atoms with van der Waals surface area (Å²) in [6, 6.07) is 9.62. The molecular weight excluding hydrogens is 330 g/mol. The first kappa shape index (κ1) is 18.2. The first-order valence-electron chi connectivity index (χ1n) is 9.04. The number of esters is 1. The Kier molecular flexibility index (Phi) is 5.40. The summed E-state index contributed by atoms with van der Waals surface area (Å²) in [5, 5.41) is 4.45. The van der Waals surface area contributed by atoms with Crippen molar-refractivity contribution in [3.05, 3.63) is 47.3 Å². The van der Waals surface area contributed by atoms with Crippen LogP contribution in [0, 0.1) is 19.8 Å². The summed E-state index contributed by atoms with van der Waals surface area (Å²) >= 11 is 0. The second kappa shape index (κ2) is 7.72. The van der Waals surface area contributed by atoms with Gasteiger partial charge in [-0.15, -0.1) is 0 Å². The molecule has 0 spiro atoms. The third kappa shape index (κ3) is 3.79. The Morgan fingerprint density at radius 1 is 1.23 bits per heavy atom. The molecule has 1 fully saturated rings. The van der Waals surface area contributed by atoms with Crippen molar-refractivity contribution in [3.63, 3.8) is 0 Å². The van der Waals surface area contributed by atoms with Gasteiger partial charge in [-0.2, -0.15) is 5.10 Å². The van der Waals surface area contributed by atoms with Gasteiger partial charge in [0, 0.05) is 13.1 Å². The lowest BCUT2D eigenvalue weighted by Crippen LogP contribution is -2.41. The predicted octanol–water partition coefficient (Wildman–Crippen LogP) is 2.90. The molecule has 138 valence electrons. The number of para-hydroxylation sites is 1. The van der Waals surface area contributed by atoms with Crippen LogP contribution in [-0.4, -0.2) is 46.3 Å². The molecule has 6 heteroatoms. The van der Waals surface area contributed by atoms with E-state index >= 15 is 0 Å². The van der Waals surface area contributed by atoms with E-state index in [9.17, 15) is 9.59 Å². The zero-order valence-electron chi connectivity index (χ0n) is 15.6. The second-order valence-corrected chi connectivity index (χ2v) is 6.96. The monoisotopic (exact) mass is 355 g/mol. The Labute approximate surface area is 153 Å². The van der Waals surface area contributed by atoms with E-state index in [1.165, 1.54) is 0 Å². The van der Waals surface area contributed by atoms with Gasteiger partial charge in [0.15, 0.2) is 6.61 Å². The first-order chi connectivity index (χ1) is 12.5. The Bertz CT molecular complexity index is 798. The van der Waals surface area contributed by atoms with Crippen LogP contribution in [-0.2, 0) is 9.53 Å². The van der Waals surface area contributed by atoms with Crippen molar-refractivity contribution in [2.75, 3.05) is 19.7 Å². The van der Waals surface area contributed by atoms with E-state index in [0.717, 1.165) is 31.6 Å². The molecule has 1 atom stereocenters. The second-order valence-electron chi connectivity index (χ2n) is 6.96. The number of hydrogen-bond acceptors (Lipinski definition) is 4. The minimum absolute atomic E-state index is 0.129. The molecule has 0 radical (unpaired) electrons. The van der Waals surface area contributed by atoms with E-state index in [1.807, 2.05) is 37.3 Å². The molecular formula is C20H25N3O3. The highest BCUT2D eigenvalue weighted by atomic mass is 16.5. The minimum atomic E-state index is -0.499. The fourth-order valence-corrected chi connectivity index (χ4v) is 3.47. The predicted molar refractivity (Wildman–Crippen MR) is 98.3 cm³/mol. The molecule has 2 aromatic rings. The van der Waals surface area contributed by atoms with Crippen LogP contribution in [0.5, 0.6) is 0 Å². The highest BCUT2D eigenvalue weighted by molar-refractivity contribution is 5.93. The number of hydrogen-bond donors (Lipinski definition) is 0. The molecule has 0 unspecified atom stereocenters. The van der Waals surface area contributed by atoms with Gasteiger partial charge in [-0.3, -0.25) is 4.79 Å². The lowest BCUT2D eigenvalue weighted by molar-refractivity contribution is -0.136. The number of aryl methyl sites for hydroxylation is 1.